The number of hydrogen-bond donors (Lipinski definition) is 2. The summed E-state index contributed by atoms with van der Waals surface area (Å²) in [6.07, 6.45) is 12.0. The maximum Gasteiger partial charge on any atom is 0.0514 e. The average Bonchev–Trinajstić information content (AvgIpc) is 2.43. The van der Waals surface area contributed by atoms with Crippen molar-refractivity contribution >= 4 is 0 Å². The number of aliphatic hydroxyl groups excluding tert-OH is 2. The Morgan fingerprint density at radius 2 is 1.06 bits per heavy atom. The Morgan fingerprint density at radius 3 is 1.44 bits per heavy atom. The van der Waals surface area contributed by atoms with Crippen LogP contribution < -0.4 is 0 Å². The molecule has 2 nitrogen and oxygen atoms in total. The summed E-state index contributed by atoms with van der Waals surface area (Å²) < 4.78 is 0. The molecule has 18 heavy (non-hydrogen) atoms. The average molecular weight is 256 g/mol. The molecule has 0 aromatic rings. The van der Waals surface area contributed by atoms with Gasteiger partial charge in [-0.3, -0.25) is 0 Å². The van der Waals surface area contributed by atoms with E-state index in [4.69, 9.17) is 0 Å². The Morgan fingerprint density at radius 1 is 0.667 bits per heavy atom. The van der Waals surface area contributed by atoms with E-state index in [2.05, 4.69) is 13.8 Å². The fourth-order valence-electron chi connectivity index (χ4n) is 4.06. The summed E-state index contributed by atoms with van der Waals surface area (Å²) in [6, 6.07) is 0. The van der Waals surface area contributed by atoms with E-state index in [-0.39, 0.29) is 24.0 Å². The highest BCUT2D eigenvalue weighted by atomic mass is 16.3. The molecule has 1 fully saturated rings. The lowest BCUT2D eigenvalue weighted by atomic mass is 9.56. The minimum Gasteiger partial charge on any atom is -0.396 e. The van der Waals surface area contributed by atoms with Crippen LogP contribution in [0.5, 0.6) is 0 Å². The number of hydrogen-bond acceptors (Lipinski definition) is 2. The van der Waals surface area contributed by atoms with Crippen LogP contribution in [-0.4, -0.2) is 23.4 Å². The Hall–Kier alpha value is -0.0800. The van der Waals surface area contributed by atoms with Crippen molar-refractivity contribution in [1.29, 1.82) is 0 Å². The molecule has 2 heteroatoms. The first-order chi connectivity index (χ1) is 8.70. The fraction of sp³-hybridized carbons (Fsp3) is 1.00. The van der Waals surface area contributed by atoms with Gasteiger partial charge in [-0.05, 0) is 31.1 Å². The van der Waals surface area contributed by atoms with Gasteiger partial charge in [0, 0.05) is 5.41 Å². The molecule has 0 aliphatic heterocycles. The molecule has 0 atom stereocenters. The van der Waals surface area contributed by atoms with E-state index in [1.165, 1.54) is 38.5 Å². The van der Waals surface area contributed by atoms with Crippen molar-refractivity contribution < 1.29 is 10.2 Å². The molecule has 0 amide bonds. The summed E-state index contributed by atoms with van der Waals surface area (Å²) in [5, 5.41) is 19.9. The van der Waals surface area contributed by atoms with Crippen LogP contribution in [0.3, 0.4) is 0 Å². The Balaban J connectivity index is 2.98. The zero-order valence-corrected chi connectivity index (χ0v) is 12.4. The van der Waals surface area contributed by atoms with Crippen molar-refractivity contribution in [3.8, 4) is 0 Å². The second-order valence-electron chi connectivity index (χ2n) is 6.21. The smallest absolute Gasteiger partial charge is 0.0514 e. The molecule has 0 heterocycles. The maximum atomic E-state index is 9.96. The highest BCUT2D eigenvalue weighted by Gasteiger charge is 2.47. The molecular weight excluding hydrogens is 224 g/mol. The second kappa shape index (κ2) is 7.49. The SMILES string of the molecule is CCC1(CC)CCCCCCCCC1(CO)CO. The van der Waals surface area contributed by atoms with E-state index in [0.717, 1.165) is 25.7 Å². The summed E-state index contributed by atoms with van der Waals surface area (Å²) in [7, 11) is 0. The van der Waals surface area contributed by atoms with Gasteiger partial charge in [-0.2, -0.15) is 0 Å². The van der Waals surface area contributed by atoms with Crippen LogP contribution in [0.2, 0.25) is 0 Å². The first-order valence-corrected chi connectivity index (χ1v) is 7.92. The van der Waals surface area contributed by atoms with Crippen molar-refractivity contribution in [2.75, 3.05) is 13.2 Å². The first-order valence-electron chi connectivity index (χ1n) is 7.92. The summed E-state index contributed by atoms with van der Waals surface area (Å²) in [5.74, 6) is 0. The summed E-state index contributed by atoms with van der Waals surface area (Å²) >= 11 is 0. The molecule has 1 saturated carbocycles. The topological polar surface area (TPSA) is 40.5 Å². The predicted molar refractivity (Wildman–Crippen MR) is 76.6 cm³/mol. The maximum absolute atomic E-state index is 9.96. The van der Waals surface area contributed by atoms with E-state index in [9.17, 15) is 10.2 Å². The third-order valence-corrected chi connectivity index (χ3v) is 5.64. The van der Waals surface area contributed by atoms with Crippen molar-refractivity contribution in [2.45, 2.75) is 78.1 Å². The molecule has 0 unspecified atom stereocenters. The van der Waals surface area contributed by atoms with Gasteiger partial charge in [0.2, 0.25) is 0 Å². The van der Waals surface area contributed by atoms with Crippen molar-refractivity contribution in [3.05, 3.63) is 0 Å². The lowest BCUT2D eigenvalue weighted by molar-refractivity contribution is -0.0809. The Bertz CT molecular complexity index is 193. The molecule has 108 valence electrons. The van der Waals surface area contributed by atoms with Crippen LogP contribution >= 0.6 is 0 Å². The normalized spacial score (nSPS) is 24.7. The summed E-state index contributed by atoms with van der Waals surface area (Å²) in [4.78, 5) is 0. The van der Waals surface area contributed by atoms with Crippen LogP contribution in [-0.2, 0) is 0 Å². The van der Waals surface area contributed by atoms with Crippen LogP contribution in [0, 0.1) is 10.8 Å². The molecular formula is C16H32O2. The lowest BCUT2D eigenvalue weighted by Gasteiger charge is -2.49. The zero-order valence-electron chi connectivity index (χ0n) is 12.4. The van der Waals surface area contributed by atoms with Gasteiger partial charge in [0.15, 0.2) is 0 Å². The van der Waals surface area contributed by atoms with Gasteiger partial charge < -0.3 is 10.2 Å². The summed E-state index contributed by atoms with van der Waals surface area (Å²) in [6.45, 7) is 4.75. The Labute approximate surface area is 113 Å². The van der Waals surface area contributed by atoms with Gasteiger partial charge in [-0.15, -0.1) is 0 Å². The molecule has 0 aromatic heterocycles. The van der Waals surface area contributed by atoms with Crippen LogP contribution in [0.1, 0.15) is 78.1 Å². The van der Waals surface area contributed by atoms with E-state index in [1.807, 2.05) is 0 Å². The van der Waals surface area contributed by atoms with Gasteiger partial charge in [-0.25, -0.2) is 0 Å². The molecule has 2 N–H and O–H groups in total. The standard InChI is InChI=1S/C16H32O2/c1-3-15(4-2)11-9-7-5-6-8-10-12-16(15,13-17)14-18/h17-18H,3-14H2,1-2H3. The van der Waals surface area contributed by atoms with Crippen LogP contribution in [0.25, 0.3) is 0 Å². The number of rotatable bonds is 4. The molecule has 0 saturated heterocycles. The van der Waals surface area contributed by atoms with E-state index in [0.29, 0.717) is 0 Å². The van der Waals surface area contributed by atoms with Crippen molar-refractivity contribution in [3.63, 3.8) is 0 Å². The van der Waals surface area contributed by atoms with E-state index < -0.39 is 0 Å². The van der Waals surface area contributed by atoms with Gasteiger partial charge in [0.05, 0.1) is 13.2 Å². The van der Waals surface area contributed by atoms with Gasteiger partial charge in [0.1, 0.15) is 0 Å². The van der Waals surface area contributed by atoms with E-state index >= 15 is 0 Å². The number of aliphatic hydroxyl groups is 2. The van der Waals surface area contributed by atoms with Crippen molar-refractivity contribution in [2.24, 2.45) is 10.8 Å². The van der Waals surface area contributed by atoms with Gasteiger partial charge >= 0.3 is 0 Å². The minimum atomic E-state index is -0.256. The second-order valence-corrected chi connectivity index (χ2v) is 6.21. The molecule has 0 bridgehead atoms. The largest absolute Gasteiger partial charge is 0.396 e. The molecule has 0 radical (unpaired) electrons. The predicted octanol–water partition coefficient (Wildman–Crippen LogP) is 3.90. The summed E-state index contributed by atoms with van der Waals surface area (Å²) in [5.41, 5.74) is -0.123. The molecule has 0 spiro atoms. The van der Waals surface area contributed by atoms with Crippen LogP contribution in [0.4, 0.5) is 0 Å². The zero-order chi connectivity index (χ0) is 13.5. The van der Waals surface area contributed by atoms with Crippen molar-refractivity contribution in [1.82, 2.24) is 0 Å². The highest BCUT2D eigenvalue weighted by molar-refractivity contribution is 4.96. The monoisotopic (exact) mass is 256 g/mol. The fourth-order valence-corrected chi connectivity index (χ4v) is 4.06. The highest BCUT2D eigenvalue weighted by Crippen LogP contribution is 2.51. The lowest BCUT2D eigenvalue weighted by Crippen LogP contribution is -2.47. The molecule has 1 rings (SSSR count). The first kappa shape index (κ1) is 16.0. The minimum absolute atomic E-state index is 0.133. The van der Waals surface area contributed by atoms with Gasteiger partial charge in [-0.1, -0.05) is 52.4 Å². The molecule has 1 aliphatic rings. The third-order valence-electron chi connectivity index (χ3n) is 5.64. The Kier molecular flexibility index (Phi) is 6.65. The molecule has 0 aromatic carbocycles. The van der Waals surface area contributed by atoms with E-state index in [1.54, 1.807) is 0 Å². The van der Waals surface area contributed by atoms with Gasteiger partial charge in [0.25, 0.3) is 0 Å². The quantitative estimate of drug-likeness (QED) is 0.801. The third kappa shape index (κ3) is 3.08. The molecule has 1 aliphatic carbocycles. The van der Waals surface area contributed by atoms with Crippen LogP contribution in [0.15, 0.2) is 0 Å².